The number of amides is 1. The summed E-state index contributed by atoms with van der Waals surface area (Å²) in [5, 5.41) is 11.1. The maximum absolute atomic E-state index is 15.1. The molecule has 1 amide bonds. The van der Waals surface area contributed by atoms with Crippen molar-refractivity contribution < 1.29 is 19.0 Å². The van der Waals surface area contributed by atoms with Crippen molar-refractivity contribution in [1.29, 1.82) is 0 Å². The first-order chi connectivity index (χ1) is 21.1. The van der Waals surface area contributed by atoms with Gasteiger partial charge in [0.15, 0.2) is 5.65 Å². The molecule has 0 aliphatic carbocycles. The van der Waals surface area contributed by atoms with Gasteiger partial charge in [-0.05, 0) is 77.3 Å². The molecule has 0 saturated carbocycles. The molecule has 0 unspecified atom stereocenters. The lowest BCUT2D eigenvalue weighted by Crippen LogP contribution is -2.59. The van der Waals surface area contributed by atoms with Crippen molar-refractivity contribution in [2.24, 2.45) is 0 Å². The smallest absolute Gasteiger partial charge is 0.410 e. The number of aryl methyl sites for hydroxylation is 1. The number of aromatic hydroxyl groups is 1. The van der Waals surface area contributed by atoms with Crippen molar-refractivity contribution in [3.05, 3.63) is 69.1 Å². The molecule has 4 aromatic rings. The number of rotatable bonds is 4. The van der Waals surface area contributed by atoms with Gasteiger partial charge in [-0.1, -0.05) is 31.5 Å². The van der Waals surface area contributed by atoms with Crippen LogP contribution in [0.1, 0.15) is 65.6 Å². The fourth-order valence-electron chi connectivity index (χ4n) is 5.73. The van der Waals surface area contributed by atoms with E-state index in [2.05, 4.69) is 9.97 Å². The summed E-state index contributed by atoms with van der Waals surface area (Å²) < 4.78 is 22.1. The number of hydrogen-bond acceptors (Lipinski definition) is 8. The van der Waals surface area contributed by atoms with Gasteiger partial charge in [-0.25, -0.2) is 23.5 Å². The monoisotopic (exact) mass is 636 g/mol. The van der Waals surface area contributed by atoms with Gasteiger partial charge in [0.1, 0.15) is 23.0 Å². The van der Waals surface area contributed by atoms with Gasteiger partial charge in [0, 0.05) is 31.4 Å². The first-order valence-corrected chi connectivity index (χ1v) is 15.3. The number of carbonyl (C=O) groups excluding carboxylic acids is 1. The highest BCUT2D eigenvalue weighted by Gasteiger charge is 2.36. The third-order valence-corrected chi connectivity index (χ3v) is 8.13. The Morgan fingerprint density at radius 1 is 1.13 bits per heavy atom. The second-order valence-electron chi connectivity index (χ2n) is 12.9. The predicted octanol–water partition coefficient (Wildman–Crippen LogP) is 6.61. The summed E-state index contributed by atoms with van der Waals surface area (Å²) >= 11 is 6.78. The number of fused-ring (bicyclic) bond motifs is 1. The number of ether oxygens (including phenoxy) is 1. The first-order valence-electron chi connectivity index (χ1n) is 14.9. The fraction of sp³-hybridized carbons (Fsp3) is 0.424. The fourth-order valence-corrected chi connectivity index (χ4v) is 5.98. The minimum atomic E-state index is -0.715. The molecule has 1 aliphatic rings. The van der Waals surface area contributed by atoms with E-state index in [1.54, 1.807) is 23.2 Å². The molecule has 2 atom stereocenters. The molecule has 1 saturated heterocycles. The van der Waals surface area contributed by atoms with E-state index >= 15 is 4.39 Å². The van der Waals surface area contributed by atoms with Gasteiger partial charge in [-0.2, -0.15) is 4.98 Å². The third-order valence-electron chi connectivity index (χ3n) is 7.84. The summed E-state index contributed by atoms with van der Waals surface area (Å²) in [5.74, 6) is -0.771. The third kappa shape index (κ3) is 6.05. The molecule has 45 heavy (non-hydrogen) atoms. The SMILES string of the molecule is Cc1ccnc(C(C)C)c1-n1c(=O)nc(N2C[C@@H](C)N(C(=O)OC(C)(C)C)C[C@@H]2C)c2cc(Cl)c(-c3c(O)cccc3F)nc21. The molecule has 4 heterocycles. The summed E-state index contributed by atoms with van der Waals surface area (Å²) in [6.45, 7) is 15.8. The van der Waals surface area contributed by atoms with Crippen molar-refractivity contribution in [1.82, 2.24) is 24.4 Å². The number of nitrogens with zero attached hydrogens (tertiary/aromatic N) is 6. The summed E-state index contributed by atoms with van der Waals surface area (Å²) in [7, 11) is 0. The molecule has 3 aromatic heterocycles. The van der Waals surface area contributed by atoms with Gasteiger partial charge < -0.3 is 19.6 Å². The first kappa shape index (κ1) is 32.2. The quantitative estimate of drug-likeness (QED) is 0.266. The number of halogens is 2. The highest BCUT2D eigenvalue weighted by molar-refractivity contribution is 6.34. The number of carbonyl (C=O) groups is 1. The number of benzene rings is 1. The number of anilines is 1. The Morgan fingerprint density at radius 3 is 2.49 bits per heavy atom. The van der Waals surface area contributed by atoms with Gasteiger partial charge in [0.2, 0.25) is 0 Å². The van der Waals surface area contributed by atoms with E-state index in [-0.39, 0.29) is 45.7 Å². The van der Waals surface area contributed by atoms with E-state index in [9.17, 15) is 14.7 Å². The molecule has 238 valence electrons. The Labute approximate surface area is 266 Å². The molecule has 10 nitrogen and oxygen atoms in total. The highest BCUT2D eigenvalue weighted by Crippen LogP contribution is 2.39. The molecule has 1 aliphatic heterocycles. The molecule has 1 fully saturated rings. The van der Waals surface area contributed by atoms with Crippen LogP contribution < -0.4 is 10.6 Å². The maximum Gasteiger partial charge on any atom is 0.410 e. The van der Waals surface area contributed by atoms with Crippen LogP contribution in [0.15, 0.2) is 41.3 Å². The van der Waals surface area contributed by atoms with Gasteiger partial charge in [-0.15, -0.1) is 0 Å². The van der Waals surface area contributed by atoms with Crippen LogP contribution in [-0.2, 0) is 4.74 Å². The van der Waals surface area contributed by atoms with E-state index in [1.807, 2.05) is 60.3 Å². The standard InChI is InChI=1S/C33H38ClFN6O4/c1-17(2)26-28(18(3)12-13-36-26)41-30-21(14-22(34)27(37-30)25-23(35)10-9-11-24(25)42)29(38-31(41)43)39-15-20(5)40(16-19(39)4)32(44)45-33(6,7)8/h9-14,17,19-20,42H,15-16H2,1-8H3/t19-,20+/m0/s1. The molecular weight excluding hydrogens is 599 g/mol. The van der Waals surface area contributed by atoms with Crippen molar-refractivity contribution >= 4 is 34.5 Å². The van der Waals surface area contributed by atoms with Crippen LogP contribution in [-0.4, -0.2) is 66.4 Å². The Morgan fingerprint density at radius 2 is 1.84 bits per heavy atom. The zero-order chi connectivity index (χ0) is 33.0. The molecular formula is C33H38ClFN6O4. The van der Waals surface area contributed by atoms with E-state index in [0.29, 0.717) is 35.7 Å². The lowest BCUT2D eigenvalue weighted by molar-refractivity contribution is 0.0130. The van der Waals surface area contributed by atoms with Crippen LogP contribution >= 0.6 is 11.6 Å². The van der Waals surface area contributed by atoms with Crippen LogP contribution in [0.4, 0.5) is 15.0 Å². The minimum Gasteiger partial charge on any atom is -0.507 e. The summed E-state index contributed by atoms with van der Waals surface area (Å²) in [6.07, 6.45) is 1.27. The van der Waals surface area contributed by atoms with E-state index in [0.717, 1.165) is 5.56 Å². The van der Waals surface area contributed by atoms with Crippen LogP contribution in [0, 0.1) is 12.7 Å². The van der Waals surface area contributed by atoms with E-state index in [4.69, 9.17) is 21.3 Å². The topological polar surface area (TPSA) is 114 Å². The Balaban J connectivity index is 1.76. The number of aromatic nitrogens is 4. The number of piperazine rings is 1. The average Bonchev–Trinajstić information content (AvgIpc) is 2.93. The van der Waals surface area contributed by atoms with Crippen molar-refractivity contribution in [2.45, 2.75) is 79.0 Å². The maximum atomic E-state index is 15.1. The Bertz CT molecular complexity index is 1830. The van der Waals surface area contributed by atoms with E-state index in [1.165, 1.54) is 22.8 Å². The normalized spacial score (nSPS) is 17.3. The molecule has 12 heteroatoms. The Kier molecular flexibility index (Phi) is 8.52. The lowest BCUT2D eigenvalue weighted by atomic mass is 10.0. The van der Waals surface area contributed by atoms with Crippen LogP contribution in [0.25, 0.3) is 28.0 Å². The highest BCUT2D eigenvalue weighted by atomic mass is 35.5. The van der Waals surface area contributed by atoms with Crippen LogP contribution in [0.3, 0.4) is 0 Å². The molecule has 0 bridgehead atoms. The van der Waals surface area contributed by atoms with E-state index < -0.39 is 23.2 Å². The van der Waals surface area contributed by atoms with Gasteiger partial charge >= 0.3 is 11.8 Å². The molecule has 0 radical (unpaired) electrons. The number of phenols is 1. The van der Waals surface area contributed by atoms with Crippen LogP contribution in [0.2, 0.25) is 5.02 Å². The summed E-state index contributed by atoms with van der Waals surface area (Å²) in [4.78, 5) is 44.7. The van der Waals surface area contributed by atoms with Crippen molar-refractivity contribution in [3.8, 4) is 22.7 Å². The second kappa shape index (κ2) is 11.9. The van der Waals surface area contributed by atoms with Crippen molar-refractivity contribution in [2.75, 3.05) is 18.0 Å². The van der Waals surface area contributed by atoms with Gasteiger partial charge in [-0.3, -0.25) is 4.98 Å². The average molecular weight is 637 g/mol. The minimum absolute atomic E-state index is 0.0196. The molecule has 1 N–H and O–H groups in total. The molecule has 5 rings (SSSR count). The number of phenolic OH excluding ortho intramolecular Hbond substituents is 1. The molecule has 1 aromatic carbocycles. The lowest BCUT2D eigenvalue weighted by Gasteiger charge is -2.44. The zero-order valence-electron chi connectivity index (χ0n) is 26.7. The largest absolute Gasteiger partial charge is 0.507 e. The van der Waals surface area contributed by atoms with Crippen LogP contribution in [0.5, 0.6) is 5.75 Å². The second-order valence-corrected chi connectivity index (χ2v) is 13.3. The number of pyridine rings is 2. The summed E-state index contributed by atoms with van der Waals surface area (Å²) in [6, 6.07) is 6.79. The van der Waals surface area contributed by atoms with Gasteiger partial charge in [0.25, 0.3) is 0 Å². The van der Waals surface area contributed by atoms with Crippen molar-refractivity contribution in [3.63, 3.8) is 0 Å². The van der Waals surface area contributed by atoms with Gasteiger partial charge in [0.05, 0.1) is 33.0 Å². The number of hydrogen-bond donors (Lipinski definition) is 1. The Hall–Kier alpha value is -4.25. The zero-order valence-corrected chi connectivity index (χ0v) is 27.5. The summed E-state index contributed by atoms with van der Waals surface area (Å²) in [5.41, 5.74) is 0.681. The molecule has 0 spiro atoms. The predicted molar refractivity (Wildman–Crippen MR) is 173 cm³/mol.